The molecule has 0 radical (unpaired) electrons. The average molecular weight is 478 g/mol. The summed E-state index contributed by atoms with van der Waals surface area (Å²) in [5.74, 6) is 0. The zero-order valence-electron chi connectivity index (χ0n) is 1.89. The van der Waals surface area contributed by atoms with E-state index in [9.17, 15) is 0 Å². The van der Waals surface area contributed by atoms with Crippen molar-refractivity contribution in [2.24, 2.45) is 0 Å². The van der Waals surface area contributed by atoms with Gasteiger partial charge in [-0.1, -0.05) is 0 Å². The standard InChI is InChI=1S/Cr.Fe.Mo.Ni.H4Si.W/h;;;;1H4;. The van der Waals surface area contributed by atoms with Crippen LogP contribution >= 0.6 is 0 Å². The largest absolute Gasteiger partial charge is 0.0149 e. The van der Waals surface area contributed by atoms with Crippen molar-refractivity contribution in [2.45, 2.75) is 0 Å². The van der Waals surface area contributed by atoms with E-state index in [0.717, 1.165) is 0 Å². The Morgan fingerprint density at radius 2 is 1.00 bits per heavy atom. The first kappa shape index (κ1) is 61.4. The third-order valence-electron chi connectivity index (χ3n) is 0. The molecule has 0 aromatic rings. The first-order chi connectivity index (χ1) is 0. The normalized spacial score (nSPS) is 0. The minimum Gasteiger partial charge on any atom is -0.0149 e. The summed E-state index contributed by atoms with van der Waals surface area (Å²) in [7, 11) is 0. The van der Waals surface area contributed by atoms with E-state index >= 15 is 0 Å². The van der Waals surface area contributed by atoms with E-state index in [1.807, 2.05) is 0 Å². The Bertz CT molecular complexity index is 15.5. The molecule has 0 fully saturated rings. The number of hydrogen-bond donors (Lipinski definition) is 0. The minimum atomic E-state index is 0. The van der Waals surface area contributed by atoms with Gasteiger partial charge in [0.2, 0.25) is 0 Å². The average Bonchev–Trinajstić information content (AvgIpc) is 0. The van der Waals surface area contributed by atoms with Crippen LogP contribution in [-0.4, -0.2) is 11.0 Å². The van der Waals surface area contributed by atoms with Gasteiger partial charge in [0.25, 0.3) is 0 Å². The van der Waals surface area contributed by atoms with Gasteiger partial charge in [-0.25, -0.2) is 0 Å². The third-order valence-corrected chi connectivity index (χ3v) is 0. The number of hydrogen-bond acceptors (Lipinski definition) is 0. The van der Waals surface area contributed by atoms with Gasteiger partial charge < -0.3 is 0 Å². The van der Waals surface area contributed by atoms with Gasteiger partial charge in [-0.3, -0.25) is 0 Å². The third kappa shape index (κ3) is 27.3. The molecular weight excluding hydrogens is 474 g/mol. The van der Waals surface area contributed by atoms with Gasteiger partial charge in [0, 0.05) is 93.1 Å². The van der Waals surface area contributed by atoms with Crippen LogP contribution in [0.2, 0.25) is 0 Å². The Hall–Kier alpha value is 3.14. The Kier molecular flexibility index (Phi) is 431. The van der Waals surface area contributed by atoms with Crippen LogP contribution in [0.15, 0.2) is 0 Å². The van der Waals surface area contributed by atoms with Crippen LogP contribution < -0.4 is 0 Å². The van der Waals surface area contributed by atoms with Crippen molar-refractivity contribution in [1.29, 1.82) is 0 Å². The zero-order valence-corrected chi connectivity index (χ0v) is 10.2. The van der Waals surface area contributed by atoms with E-state index in [4.69, 9.17) is 0 Å². The molecule has 0 saturated carbocycles. The molecule has 0 aromatic carbocycles. The Morgan fingerprint density at radius 1 is 1.00 bits per heavy atom. The van der Waals surface area contributed by atoms with Crippen LogP contribution in [0.25, 0.3) is 0 Å². The molecule has 0 aliphatic carbocycles. The summed E-state index contributed by atoms with van der Waals surface area (Å²) in [6.07, 6.45) is 0. The maximum absolute atomic E-state index is 0. The molecule has 44 valence electrons. The molecule has 0 unspecified atom stereocenters. The van der Waals surface area contributed by atoms with Crippen LogP contribution in [0, 0.1) is 0 Å². The van der Waals surface area contributed by atoms with E-state index in [2.05, 4.69) is 0 Å². The molecule has 0 aliphatic rings. The number of rotatable bonds is 0. The molecule has 0 atom stereocenters. The van der Waals surface area contributed by atoms with Gasteiger partial charge in [0.1, 0.15) is 0 Å². The van der Waals surface area contributed by atoms with Gasteiger partial charge in [0.05, 0.1) is 0 Å². The molecule has 0 spiro atoms. The molecule has 6 heteroatoms. The van der Waals surface area contributed by atoms with Crippen LogP contribution in [0.4, 0.5) is 0 Å². The maximum atomic E-state index is 0. The Balaban J connectivity index is 0. The summed E-state index contributed by atoms with van der Waals surface area (Å²) in [6.45, 7) is 0. The molecule has 0 heterocycles. The van der Waals surface area contributed by atoms with E-state index in [0.29, 0.717) is 0 Å². The van der Waals surface area contributed by atoms with Crippen LogP contribution in [0.1, 0.15) is 0 Å². The summed E-state index contributed by atoms with van der Waals surface area (Å²) in [6, 6.07) is 0. The topological polar surface area (TPSA) is 0 Å². The summed E-state index contributed by atoms with van der Waals surface area (Å²) in [5, 5.41) is 0. The Morgan fingerprint density at radius 3 is 1.00 bits per heavy atom. The molecule has 0 N–H and O–H groups in total. The van der Waals surface area contributed by atoms with Crippen molar-refractivity contribution in [3.8, 4) is 0 Å². The zero-order chi connectivity index (χ0) is 0. The fourth-order valence-electron chi connectivity index (χ4n) is 0. The molecule has 0 amide bonds. The van der Waals surface area contributed by atoms with Gasteiger partial charge in [0.15, 0.2) is 0 Å². The summed E-state index contributed by atoms with van der Waals surface area (Å²) in [5.41, 5.74) is 0. The first-order valence-corrected chi connectivity index (χ1v) is 0. The molecule has 0 aromatic heterocycles. The quantitative estimate of drug-likeness (QED) is 0.374. The molecular formula is H4CrFeMoNiSiW. The van der Waals surface area contributed by atoms with Crippen molar-refractivity contribution >= 4 is 11.0 Å². The summed E-state index contributed by atoms with van der Waals surface area (Å²) in [4.78, 5) is 0. The van der Waals surface area contributed by atoms with Gasteiger partial charge >= 0.3 is 0 Å². The second kappa shape index (κ2) is 42.1. The van der Waals surface area contributed by atoms with Crippen LogP contribution in [0.5, 0.6) is 0 Å². The van der Waals surface area contributed by atoms with E-state index in [-0.39, 0.29) is 104 Å². The van der Waals surface area contributed by atoms with Crippen molar-refractivity contribution in [3.63, 3.8) is 0 Å². The Labute approximate surface area is 102 Å². The van der Waals surface area contributed by atoms with E-state index in [1.165, 1.54) is 0 Å². The predicted octanol–water partition coefficient (Wildman–Crippen LogP) is -1.46. The van der Waals surface area contributed by atoms with Crippen molar-refractivity contribution in [1.82, 2.24) is 0 Å². The molecule has 0 rings (SSSR count). The molecule has 0 aliphatic heterocycles. The molecule has 6 heavy (non-hydrogen) atoms. The van der Waals surface area contributed by atoms with Crippen molar-refractivity contribution < 1.29 is 93.1 Å². The summed E-state index contributed by atoms with van der Waals surface area (Å²) >= 11 is 0. The molecule has 0 nitrogen and oxygen atoms in total. The van der Waals surface area contributed by atoms with Gasteiger partial charge in [-0.15, -0.1) is 0 Å². The van der Waals surface area contributed by atoms with Crippen LogP contribution in [0.3, 0.4) is 0 Å². The summed E-state index contributed by atoms with van der Waals surface area (Å²) < 4.78 is 0. The smallest absolute Gasteiger partial charge is 0 e. The predicted molar refractivity (Wildman–Crippen MR) is 11.3 cm³/mol. The monoisotopic (exact) mass is 480 g/mol. The van der Waals surface area contributed by atoms with Crippen LogP contribution in [-0.2, 0) is 93.1 Å². The maximum Gasteiger partial charge on any atom is 0 e. The fourth-order valence-corrected chi connectivity index (χ4v) is 0. The van der Waals surface area contributed by atoms with Gasteiger partial charge in [-0.05, 0) is 11.0 Å². The second-order valence-electron chi connectivity index (χ2n) is 0. The molecule has 0 saturated heterocycles. The fraction of sp³-hybridized carbons (Fsp3) is 0. The van der Waals surface area contributed by atoms with E-state index in [1.54, 1.807) is 0 Å². The van der Waals surface area contributed by atoms with Crippen molar-refractivity contribution in [3.05, 3.63) is 0 Å². The van der Waals surface area contributed by atoms with Gasteiger partial charge in [-0.2, -0.15) is 0 Å². The van der Waals surface area contributed by atoms with Crippen molar-refractivity contribution in [2.75, 3.05) is 0 Å². The SMILES string of the molecule is [Cr].[Fe].[Mo].[Ni].[SiH4].[W]. The second-order valence-corrected chi connectivity index (χ2v) is 0. The molecule has 0 bridgehead atoms. The minimum absolute atomic E-state index is 0. The van der Waals surface area contributed by atoms with E-state index < -0.39 is 0 Å². The first-order valence-electron chi connectivity index (χ1n) is 0.